The van der Waals surface area contributed by atoms with E-state index in [2.05, 4.69) is 55.0 Å². The lowest BCUT2D eigenvalue weighted by Crippen LogP contribution is -2.36. The monoisotopic (exact) mass is 332 g/mol. The predicted molar refractivity (Wildman–Crippen MR) is 105 cm³/mol. The number of fused-ring (bicyclic) bond motifs is 1. The summed E-state index contributed by atoms with van der Waals surface area (Å²) in [7, 11) is 0. The summed E-state index contributed by atoms with van der Waals surface area (Å²) in [6.45, 7) is 19.4. The molecule has 0 saturated heterocycles. The second-order valence-corrected chi connectivity index (χ2v) is 7.02. The van der Waals surface area contributed by atoms with Gasteiger partial charge < -0.3 is 9.47 Å². The molecule has 2 nitrogen and oxygen atoms in total. The highest BCUT2D eigenvalue weighted by molar-refractivity contribution is 5.59. The standard InChI is InChI=1S/C18H26O2.C4H10/c1-7-11-19-16-12(3)13(4)17-15(14(16)5)9-10-18(6,8-2)20-17;1-3-4-2/h7H,1,8-11H2,2-6H3;3-4H2,1-2H3. The third-order valence-corrected chi connectivity index (χ3v) is 5.16. The van der Waals surface area contributed by atoms with Crippen molar-refractivity contribution in [2.24, 2.45) is 0 Å². The van der Waals surface area contributed by atoms with Gasteiger partial charge in [0.1, 0.15) is 23.7 Å². The van der Waals surface area contributed by atoms with Crippen LogP contribution in [0.25, 0.3) is 0 Å². The van der Waals surface area contributed by atoms with Gasteiger partial charge in [-0.1, -0.05) is 46.3 Å². The van der Waals surface area contributed by atoms with E-state index < -0.39 is 0 Å². The van der Waals surface area contributed by atoms with Gasteiger partial charge >= 0.3 is 0 Å². The van der Waals surface area contributed by atoms with Crippen LogP contribution in [0.4, 0.5) is 0 Å². The number of benzene rings is 1. The third-order valence-electron chi connectivity index (χ3n) is 5.16. The van der Waals surface area contributed by atoms with Crippen LogP contribution in [0.2, 0.25) is 0 Å². The number of ether oxygens (including phenoxy) is 2. The van der Waals surface area contributed by atoms with Gasteiger partial charge in [-0.2, -0.15) is 0 Å². The van der Waals surface area contributed by atoms with Crippen molar-refractivity contribution in [1.82, 2.24) is 0 Å². The number of unbranched alkanes of at least 4 members (excludes halogenated alkanes) is 1. The van der Waals surface area contributed by atoms with E-state index in [4.69, 9.17) is 9.47 Å². The molecule has 2 rings (SSSR count). The highest BCUT2D eigenvalue weighted by Crippen LogP contribution is 2.44. The molecule has 0 bridgehead atoms. The normalized spacial score (nSPS) is 18.8. The van der Waals surface area contributed by atoms with E-state index in [1.165, 1.54) is 35.1 Å². The van der Waals surface area contributed by atoms with Gasteiger partial charge in [0.05, 0.1) is 0 Å². The van der Waals surface area contributed by atoms with Crippen LogP contribution >= 0.6 is 0 Å². The van der Waals surface area contributed by atoms with E-state index >= 15 is 0 Å². The molecule has 1 unspecified atom stereocenters. The summed E-state index contributed by atoms with van der Waals surface area (Å²) in [5, 5.41) is 0. The fraction of sp³-hybridized carbons (Fsp3) is 0.636. The zero-order valence-electron chi connectivity index (χ0n) is 16.8. The maximum Gasteiger partial charge on any atom is 0.127 e. The molecular formula is C22H36O2. The van der Waals surface area contributed by atoms with Crippen LogP contribution in [0, 0.1) is 20.8 Å². The largest absolute Gasteiger partial charge is 0.489 e. The molecule has 1 heterocycles. The molecule has 1 aromatic rings. The van der Waals surface area contributed by atoms with Crippen LogP contribution in [0.15, 0.2) is 12.7 Å². The Morgan fingerprint density at radius 3 is 2.21 bits per heavy atom. The van der Waals surface area contributed by atoms with Crippen molar-refractivity contribution < 1.29 is 9.47 Å². The molecule has 0 aromatic heterocycles. The summed E-state index contributed by atoms with van der Waals surface area (Å²) in [5.74, 6) is 2.09. The van der Waals surface area contributed by atoms with Crippen LogP contribution in [-0.2, 0) is 6.42 Å². The minimum Gasteiger partial charge on any atom is -0.489 e. The summed E-state index contributed by atoms with van der Waals surface area (Å²) >= 11 is 0. The van der Waals surface area contributed by atoms with Crippen molar-refractivity contribution in [3.63, 3.8) is 0 Å². The molecule has 0 aliphatic carbocycles. The maximum absolute atomic E-state index is 6.34. The van der Waals surface area contributed by atoms with E-state index in [0.717, 1.165) is 30.8 Å². The second-order valence-electron chi connectivity index (χ2n) is 7.02. The summed E-state index contributed by atoms with van der Waals surface area (Å²) in [5.41, 5.74) is 4.91. The minimum atomic E-state index is -0.0276. The topological polar surface area (TPSA) is 18.5 Å². The number of hydrogen-bond acceptors (Lipinski definition) is 2. The van der Waals surface area contributed by atoms with Crippen LogP contribution in [0.5, 0.6) is 11.5 Å². The maximum atomic E-state index is 6.34. The van der Waals surface area contributed by atoms with Gasteiger partial charge in [-0.15, -0.1) is 0 Å². The molecule has 0 saturated carbocycles. The second kappa shape index (κ2) is 9.15. The average Bonchev–Trinajstić information content (AvgIpc) is 2.60. The van der Waals surface area contributed by atoms with Crippen molar-refractivity contribution >= 4 is 0 Å². The molecule has 136 valence electrons. The Labute approximate surface area is 149 Å². The SMILES string of the molecule is C=CCOc1c(C)c(C)c2c(c1C)CCC(C)(CC)O2.CCCC. The highest BCUT2D eigenvalue weighted by atomic mass is 16.5. The summed E-state index contributed by atoms with van der Waals surface area (Å²) in [4.78, 5) is 0. The van der Waals surface area contributed by atoms with E-state index in [1.54, 1.807) is 6.08 Å². The first kappa shape index (κ1) is 20.6. The zero-order chi connectivity index (χ0) is 18.3. The first-order valence-corrected chi connectivity index (χ1v) is 9.40. The number of rotatable bonds is 5. The minimum absolute atomic E-state index is 0.0276. The molecule has 2 heteroatoms. The smallest absolute Gasteiger partial charge is 0.127 e. The third kappa shape index (κ3) is 4.55. The Bertz CT molecular complexity index is 558. The van der Waals surface area contributed by atoms with Crippen molar-refractivity contribution in [1.29, 1.82) is 0 Å². The van der Waals surface area contributed by atoms with E-state index in [1.807, 2.05) is 0 Å². The van der Waals surface area contributed by atoms with Crippen molar-refractivity contribution in [2.45, 2.75) is 86.2 Å². The van der Waals surface area contributed by atoms with Crippen LogP contribution < -0.4 is 9.47 Å². The van der Waals surface area contributed by atoms with Crippen molar-refractivity contribution in [3.8, 4) is 11.5 Å². The molecule has 0 amide bonds. The average molecular weight is 333 g/mol. The van der Waals surface area contributed by atoms with Crippen molar-refractivity contribution in [3.05, 3.63) is 34.9 Å². The summed E-state index contributed by atoms with van der Waals surface area (Å²) < 4.78 is 12.2. The quantitative estimate of drug-likeness (QED) is 0.575. The van der Waals surface area contributed by atoms with Gasteiger partial charge in [0.2, 0.25) is 0 Å². The van der Waals surface area contributed by atoms with Gasteiger partial charge in [0.25, 0.3) is 0 Å². The van der Waals surface area contributed by atoms with Gasteiger partial charge in [-0.05, 0) is 63.6 Å². The molecule has 1 aromatic carbocycles. The fourth-order valence-corrected chi connectivity index (χ4v) is 2.89. The summed E-state index contributed by atoms with van der Waals surface area (Å²) in [6, 6.07) is 0. The zero-order valence-corrected chi connectivity index (χ0v) is 16.8. The Kier molecular flexibility index (Phi) is 7.86. The lowest BCUT2D eigenvalue weighted by molar-refractivity contribution is 0.0598. The highest BCUT2D eigenvalue weighted by Gasteiger charge is 2.33. The fourth-order valence-electron chi connectivity index (χ4n) is 2.89. The molecule has 0 spiro atoms. The first-order valence-electron chi connectivity index (χ1n) is 9.40. The first-order chi connectivity index (χ1) is 11.3. The molecule has 0 fully saturated rings. The molecule has 1 aliphatic rings. The van der Waals surface area contributed by atoms with Crippen molar-refractivity contribution in [2.75, 3.05) is 6.61 Å². The number of hydrogen-bond donors (Lipinski definition) is 0. The Balaban J connectivity index is 0.000000648. The molecule has 0 radical (unpaired) electrons. The van der Waals surface area contributed by atoms with E-state index in [-0.39, 0.29) is 5.60 Å². The molecule has 0 N–H and O–H groups in total. The van der Waals surface area contributed by atoms with Gasteiger partial charge in [0.15, 0.2) is 0 Å². The Morgan fingerprint density at radius 2 is 1.71 bits per heavy atom. The van der Waals surface area contributed by atoms with E-state index in [9.17, 15) is 0 Å². The van der Waals surface area contributed by atoms with Gasteiger partial charge in [-0.25, -0.2) is 0 Å². The van der Waals surface area contributed by atoms with Crippen LogP contribution in [-0.4, -0.2) is 12.2 Å². The Morgan fingerprint density at radius 1 is 1.08 bits per heavy atom. The summed E-state index contributed by atoms with van der Waals surface area (Å²) in [6.07, 6.45) is 7.61. The van der Waals surface area contributed by atoms with Gasteiger partial charge in [-0.3, -0.25) is 0 Å². The molecule has 1 atom stereocenters. The van der Waals surface area contributed by atoms with Crippen LogP contribution in [0.1, 0.15) is 75.6 Å². The van der Waals surface area contributed by atoms with Crippen LogP contribution in [0.3, 0.4) is 0 Å². The molecule has 24 heavy (non-hydrogen) atoms. The Hall–Kier alpha value is -1.44. The molecule has 1 aliphatic heterocycles. The lowest BCUT2D eigenvalue weighted by atomic mass is 9.86. The predicted octanol–water partition coefficient (Wildman–Crippen LogP) is 6.48. The van der Waals surface area contributed by atoms with E-state index in [0.29, 0.717) is 6.61 Å². The lowest BCUT2D eigenvalue weighted by Gasteiger charge is -2.37. The molecular weight excluding hydrogens is 296 g/mol. The van der Waals surface area contributed by atoms with Gasteiger partial charge in [0, 0.05) is 5.56 Å².